The first-order valence-electron chi connectivity index (χ1n) is 14.9. The van der Waals surface area contributed by atoms with Crippen LogP contribution >= 0.6 is 0 Å². The van der Waals surface area contributed by atoms with Gasteiger partial charge in [0.05, 0.1) is 12.2 Å². The van der Waals surface area contributed by atoms with Crippen LogP contribution in [0.25, 0.3) is 0 Å². The van der Waals surface area contributed by atoms with Gasteiger partial charge in [-0.25, -0.2) is 9.78 Å². The van der Waals surface area contributed by atoms with Crippen molar-refractivity contribution in [1.29, 1.82) is 0 Å². The molecule has 5 nitrogen and oxygen atoms in total. The van der Waals surface area contributed by atoms with Crippen LogP contribution in [-0.4, -0.2) is 30.5 Å². The molecule has 2 N–H and O–H groups in total. The number of nitrogens with one attached hydrogen (secondary N) is 1. The molecule has 0 bridgehead atoms. The molecule has 0 aliphatic carbocycles. The van der Waals surface area contributed by atoms with E-state index >= 15 is 0 Å². The summed E-state index contributed by atoms with van der Waals surface area (Å²) >= 11 is 0. The fourth-order valence-electron chi connectivity index (χ4n) is 4.53. The second-order valence-electron chi connectivity index (χ2n) is 10.1. The Morgan fingerprint density at radius 2 is 1.00 bits per heavy atom. The van der Waals surface area contributed by atoms with Crippen molar-refractivity contribution in [3.8, 4) is 0 Å². The lowest BCUT2D eigenvalue weighted by Gasteiger charge is -2.16. The van der Waals surface area contributed by atoms with E-state index in [-0.39, 0.29) is 18.9 Å². The summed E-state index contributed by atoms with van der Waals surface area (Å²) in [4.78, 5) is 21.0. The van der Waals surface area contributed by atoms with Gasteiger partial charge in [-0.15, -0.1) is 0 Å². The highest BCUT2D eigenvalue weighted by molar-refractivity contribution is 5.45. The SMILES string of the molecule is CCCCCCCC(CCCCCCCCCCCCC(O)CCCCCC)OOCNC=O. The summed E-state index contributed by atoms with van der Waals surface area (Å²) in [6, 6.07) is 0. The van der Waals surface area contributed by atoms with Gasteiger partial charge in [0.1, 0.15) is 0 Å². The predicted octanol–water partition coefficient (Wildman–Crippen LogP) is 8.38. The van der Waals surface area contributed by atoms with E-state index < -0.39 is 0 Å². The fourth-order valence-corrected chi connectivity index (χ4v) is 4.53. The van der Waals surface area contributed by atoms with Crippen molar-refractivity contribution in [3.63, 3.8) is 0 Å². The zero-order valence-electron chi connectivity index (χ0n) is 22.9. The van der Waals surface area contributed by atoms with Gasteiger partial charge in [-0.1, -0.05) is 136 Å². The van der Waals surface area contributed by atoms with Gasteiger partial charge < -0.3 is 10.4 Å². The van der Waals surface area contributed by atoms with Crippen molar-refractivity contribution < 1.29 is 19.7 Å². The summed E-state index contributed by atoms with van der Waals surface area (Å²) < 4.78 is 0. The van der Waals surface area contributed by atoms with Gasteiger partial charge in [0.2, 0.25) is 6.41 Å². The molecule has 204 valence electrons. The van der Waals surface area contributed by atoms with Crippen LogP contribution in [-0.2, 0) is 14.6 Å². The van der Waals surface area contributed by atoms with Gasteiger partial charge >= 0.3 is 0 Å². The van der Waals surface area contributed by atoms with E-state index in [4.69, 9.17) is 9.78 Å². The summed E-state index contributed by atoms with van der Waals surface area (Å²) in [5, 5.41) is 12.5. The van der Waals surface area contributed by atoms with Crippen LogP contribution in [0.5, 0.6) is 0 Å². The first-order valence-corrected chi connectivity index (χ1v) is 14.9. The van der Waals surface area contributed by atoms with Crippen molar-refractivity contribution in [2.45, 2.75) is 174 Å². The van der Waals surface area contributed by atoms with Gasteiger partial charge in [0.15, 0.2) is 6.73 Å². The Morgan fingerprint density at radius 1 is 0.618 bits per heavy atom. The molecule has 0 fully saturated rings. The third kappa shape index (κ3) is 26.0. The molecule has 0 aliphatic rings. The molecular weight excluding hydrogens is 426 g/mol. The van der Waals surface area contributed by atoms with Crippen molar-refractivity contribution in [2.75, 3.05) is 6.73 Å². The van der Waals surface area contributed by atoms with Crippen LogP contribution in [0.2, 0.25) is 0 Å². The van der Waals surface area contributed by atoms with E-state index in [0.29, 0.717) is 6.41 Å². The molecular formula is C29H59NO4. The fraction of sp³-hybridized carbons (Fsp3) is 0.966. The van der Waals surface area contributed by atoms with Crippen LogP contribution in [0.15, 0.2) is 0 Å². The van der Waals surface area contributed by atoms with Crippen LogP contribution in [0.1, 0.15) is 162 Å². The van der Waals surface area contributed by atoms with E-state index in [1.807, 2.05) is 0 Å². The number of hydrogen-bond acceptors (Lipinski definition) is 4. The number of hydrogen-bond donors (Lipinski definition) is 2. The Bertz CT molecular complexity index is 394. The average molecular weight is 486 g/mol. The summed E-state index contributed by atoms with van der Waals surface area (Å²) in [5.41, 5.74) is 0. The Hall–Kier alpha value is -0.650. The van der Waals surface area contributed by atoms with Gasteiger partial charge in [-0.3, -0.25) is 4.79 Å². The molecule has 0 aromatic carbocycles. The lowest BCUT2D eigenvalue weighted by molar-refractivity contribution is -0.328. The lowest BCUT2D eigenvalue weighted by Crippen LogP contribution is -2.20. The molecule has 0 saturated heterocycles. The summed E-state index contributed by atoms with van der Waals surface area (Å²) in [7, 11) is 0. The molecule has 1 amide bonds. The second-order valence-corrected chi connectivity index (χ2v) is 10.1. The first-order chi connectivity index (χ1) is 16.7. The maximum absolute atomic E-state index is 10.3. The zero-order chi connectivity index (χ0) is 25.0. The number of aliphatic hydroxyl groups is 1. The van der Waals surface area contributed by atoms with Crippen LogP contribution in [0, 0.1) is 0 Å². The van der Waals surface area contributed by atoms with Gasteiger partial charge in [-0.2, -0.15) is 0 Å². The van der Waals surface area contributed by atoms with Gasteiger partial charge in [0, 0.05) is 0 Å². The highest BCUT2D eigenvalue weighted by atomic mass is 17.2. The van der Waals surface area contributed by atoms with Gasteiger partial charge in [-0.05, 0) is 25.7 Å². The minimum Gasteiger partial charge on any atom is -0.393 e. The Balaban J connectivity index is 3.56. The van der Waals surface area contributed by atoms with Crippen LogP contribution in [0.4, 0.5) is 0 Å². The molecule has 34 heavy (non-hydrogen) atoms. The topological polar surface area (TPSA) is 67.8 Å². The monoisotopic (exact) mass is 485 g/mol. The second kappa shape index (κ2) is 28.6. The number of rotatable bonds is 29. The summed E-state index contributed by atoms with van der Waals surface area (Å²) in [6.45, 7) is 4.59. The van der Waals surface area contributed by atoms with E-state index in [2.05, 4.69) is 19.2 Å². The lowest BCUT2D eigenvalue weighted by atomic mass is 10.0. The molecule has 0 spiro atoms. The maximum Gasteiger partial charge on any atom is 0.208 e. The quantitative estimate of drug-likeness (QED) is 0.0367. The summed E-state index contributed by atoms with van der Waals surface area (Å²) in [5.74, 6) is 0. The summed E-state index contributed by atoms with van der Waals surface area (Å²) in [6.07, 6.45) is 29.0. The zero-order valence-corrected chi connectivity index (χ0v) is 22.9. The molecule has 0 aromatic heterocycles. The molecule has 0 heterocycles. The van der Waals surface area contributed by atoms with Crippen molar-refractivity contribution in [1.82, 2.24) is 5.32 Å². The molecule has 2 unspecified atom stereocenters. The number of unbranched alkanes of at least 4 members (excludes halogenated alkanes) is 16. The predicted molar refractivity (Wildman–Crippen MR) is 144 cm³/mol. The molecule has 0 rings (SSSR count). The van der Waals surface area contributed by atoms with E-state index in [1.54, 1.807) is 0 Å². The molecule has 0 saturated carbocycles. The van der Waals surface area contributed by atoms with Crippen LogP contribution < -0.4 is 5.32 Å². The molecule has 5 heteroatoms. The number of amides is 1. The largest absolute Gasteiger partial charge is 0.393 e. The highest BCUT2D eigenvalue weighted by Crippen LogP contribution is 2.18. The third-order valence-electron chi connectivity index (χ3n) is 6.76. The smallest absolute Gasteiger partial charge is 0.208 e. The maximum atomic E-state index is 10.3. The Labute approximate surface area is 212 Å². The molecule has 0 radical (unpaired) electrons. The molecule has 0 aliphatic heterocycles. The average Bonchev–Trinajstić information content (AvgIpc) is 2.84. The third-order valence-corrected chi connectivity index (χ3v) is 6.76. The normalized spacial score (nSPS) is 13.1. The standard InChI is InChI=1S/C29H59NO4/c1-3-5-7-15-20-24-29(34-33-27-30-26-31)25-21-17-14-12-10-9-11-13-16-19-23-28(32)22-18-8-6-4-2/h26,28-29,32H,3-25,27H2,1-2H3,(H,30,31). The number of aliphatic hydroxyl groups excluding tert-OH is 1. The minimum atomic E-state index is -0.0671. The van der Waals surface area contributed by atoms with E-state index in [0.717, 1.165) is 25.7 Å². The highest BCUT2D eigenvalue weighted by Gasteiger charge is 2.10. The Kier molecular flexibility index (Phi) is 28.0. The minimum absolute atomic E-state index is 0.0671. The molecule has 2 atom stereocenters. The number of carbonyl (C=O) groups is 1. The van der Waals surface area contributed by atoms with E-state index in [1.165, 1.54) is 122 Å². The number of carbonyl (C=O) groups excluding carboxylic acids is 1. The van der Waals surface area contributed by atoms with Crippen LogP contribution in [0.3, 0.4) is 0 Å². The van der Waals surface area contributed by atoms with Crippen molar-refractivity contribution in [2.24, 2.45) is 0 Å². The Morgan fingerprint density at radius 3 is 1.44 bits per heavy atom. The first kappa shape index (κ1) is 33.4. The van der Waals surface area contributed by atoms with Crippen molar-refractivity contribution >= 4 is 6.41 Å². The van der Waals surface area contributed by atoms with E-state index in [9.17, 15) is 9.90 Å². The van der Waals surface area contributed by atoms with Crippen molar-refractivity contribution in [3.05, 3.63) is 0 Å². The van der Waals surface area contributed by atoms with Gasteiger partial charge in [0.25, 0.3) is 0 Å². The molecule has 0 aromatic rings.